The van der Waals surface area contributed by atoms with E-state index in [0.717, 1.165) is 11.2 Å². The number of rotatable bonds is 2. The van der Waals surface area contributed by atoms with E-state index in [1.165, 1.54) is 29.2 Å². The highest BCUT2D eigenvalue weighted by Crippen LogP contribution is 2.40. The minimum Gasteiger partial charge on any atom is -0.398 e. The van der Waals surface area contributed by atoms with Crippen molar-refractivity contribution >= 4 is 29.8 Å². The van der Waals surface area contributed by atoms with Crippen LogP contribution in [-0.4, -0.2) is 18.3 Å². The molecule has 1 heterocycles. The number of anilines is 1. The molecule has 1 aliphatic carbocycles. The van der Waals surface area contributed by atoms with Crippen molar-refractivity contribution in [1.29, 1.82) is 0 Å². The predicted molar refractivity (Wildman–Crippen MR) is 76.5 cm³/mol. The molecular formula is C14H17N2P. The number of hydrogen-bond donors (Lipinski definition) is 1. The third-order valence-corrected chi connectivity index (χ3v) is 4.73. The van der Waals surface area contributed by atoms with Crippen molar-refractivity contribution in [2.75, 3.05) is 19.1 Å². The normalized spacial score (nSPS) is 15.7. The van der Waals surface area contributed by atoms with Gasteiger partial charge in [-0.1, -0.05) is 14.0 Å². The van der Waals surface area contributed by atoms with Crippen LogP contribution < -0.4 is 11.0 Å². The van der Waals surface area contributed by atoms with Crippen LogP contribution in [0.1, 0.15) is 24.5 Å². The summed E-state index contributed by atoms with van der Waals surface area (Å²) in [5, 5.41) is 2.54. The minimum absolute atomic E-state index is 0.191. The molecule has 0 bridgehead atoms. The van der Waals surface area contributed by atoms with Gasteiger partial charge in [-0.15, -0.1) is 0 Å². The Morgan fingerprint density at radius 2 is 1.94 bits per heavy atom. The van der Waals surface area contributed by atoms with Crippen molar-refractivity contribution in [3.8, 4) is 0 Å². The number of nitrogen functional groups attached to an aromatic ring is 1. The molecule has 0 unspecified atom stereocenters. The van der Waals surface area contributed by atoms with E-state index < -0.39 is 0 Å². The van der Waals surface area contributed by atoms with Gasteiger partial charge >= 0.3 is 0 Å². The van der Waals surface area contributed by atoms with Crippen LogP contribution in [0.5, 0.6) is 0 Å². The van der Waals surface area contributed by atoms with Crippen LogP contribution in [0, 0.1) is 0 Å². The molecule has 1 aromatic carbocycles. The van der Waals surface area contributed by atoms with Crippen LogP contribution in [0.4, 0.5) is 5.69 Å². The van der Waals surface area contributed by atoms with E-state index >= 15 is 0 Å². The van der Waals surface area contributed by atoms with Gasteiger partial charge in [0.25, 0.3) is 0 Å². The van der Waals surface area contributed by atoms with Gasteiger partial charge in [-0.2, -0.15) is 0 Å². The summed E-state index contributed by atoms with van der Waals surface area (Å²) in [6.07, 6.45) is 2.60. The Bertz CT molecular complexity index is 574. The van der Waals surface area contributed by atoms with Crippen LogP contribution in [0.2, 0.25) is 0 Å². The van der Waals surface area contributed by atoms with Gasteiger partial charge in [0.15, 0.2) is 0 Å². The van der Waals surface area contributed by atoms with Crippen molar-refractivity contribution < 1.29 is 0 Å². The molecule has 1 saturated carbocycles. The summed E-state index contributed by atoms with van der Waals surface area (Å²) >= 11 is 0. The summed E-state index contributed by atoms with van der Waals surface area (Å²) in [5.41, 5.74) is 9.36. The first-order valence-corrected chi connectivity index (χ1v) is 8.27. The molecule has 0 saturated heterocycles. The first-order valence-electron chi connectivity index (χ1n) is 6.03. The molecule has 3 heteroatoms. The van der Waals surface area contributed by atoms with Crippen LogP contribution in [0.25, 0.3) is 10.9 Å². The maximum absolute atomic E-state index is 6.09. The number of nitrogens with zero attached hydrogens (tertiary/aromatic N) is 1. The number of aromatic nitrogens is 1. The zero-order chi connectivity index (χ0) is 12.0. The van der Waals surface area contributed by atoms with Crippen molar-refractivity contribution in [3.63, 3.8) is 0 Å². The van der Waals surface area contributed by atoms with Gasteiger partial charge in [0, 0.05) is 28.0 Å². The highest BCUT2D eigenvalue weighted by Gasteiger charge is 2.25. The maximum atomic E-state index is 6.09. The molecule has 0 radical (unpaired) electrons. The molecule has 0 atom stereocenters. The van der Waals surface area contributed by atoms with Crippen molar-refractivity contribution in [2.45, 2.75) is 18.8 Å². The van der Waals surface area contributed by atoms with E-state index in [9.17, 15) is 0 Å². The van der Waals surface area contributed by atoms with Crippen molar-refractivity contribution in [1.82, 2.24) is 4.98 Å². The molecule has 2 N–H and O–H groups in total. The first kappa shape index (κ1) is 11.0. The third-order valence-electron chi connectivity index (χ3n) is 3.34. The lowest BCUT2D eigenvalue weighted by molar-refractivity contribution is 1.04. The van der Waals surface area contributed by atoms with Gasteiger partial charge < -0.3 is 5.73 Å². The van der Waals surface area contributed by atoms with Crippen molar-refractivity contribution in [2.24, 2.45) is 0 Å². The molecule has 0 amide bonds. The molecule has 17 heavy (non-hydrogen) atoms. The second-order valence-corrected chi connectivity index (χ2v) is 7.21. The second kappa shape index (κ2) is 3.96. The average Bonchev–Trinajstić information content (AvgIpc) is 3.11. The fourth-order valence-electron chi connectivity index (χ4n) is 2.33. The highest BCUT2D eigenvalue weighted by molar-refractivity contribution is 7.65. The van der Waals surface area contributed by atoms with Gasteiger partial charge in [-0.05, 0) is 44.4 Å². The molecule has 1 aromatic heterocycles. The minimum atomic E-state index is -0.191. The van der Waals surface area contributed by atoms with Crippen LogP contribution >= 0.6 is 7.92 Å². The number of hydrogen-bond acceptors (Lipinski definition) is 2. The molecule has 1 fully saturated rings. The standard InChI is InChI=1S/C14H17N2P/c1-17(2)14-10-5-7-12(9-3-4-9)16-13(10)8-6-11(14)15/h5-9H,3-4,15H2,1-2H3. The summed E-state index contributed by atoms with van der Waals surface area (Å²) < 4.78 is 0. The summed E-state index contributed by atoms with van der Waals surface area (Å²) in [5.74, 6) is 0.713. The van der Waals surface area contributed by atoms with Gasteiger partial charge in [0.2, 0.25) is 0 Å². The van der Waals surface area contributed by atoms with E-state index in [4.69, 9.17) is 10.7 Å². The summed E-state index contributed by atoms with van der Waals surface area (Å²) in [6, 6.07) is 8.45. The molecular weight excluding hydrogens is 227 g/mol. The lowest BCUT2D eigenvalue weighted by atomic mass is 10.1. The largest absolute Gasteiger partial charge is 0.398 e. The quantitative estimate of drug-likeness (QED) is 0.651. The number of pyridine rings is 1. The van der Waals surface area contributed by atoms with E-state index in [1.807, 2.05) is 6.07 Å². The fraction of sp³-hybridized carbons (Fsp3) is 0.357. The molecule has 88 valence electrons. The Balaban J connectivity index is 2.22. The number of fused-ring (bicyclic) bond motifs is 1. The summed E-state index contributed by atoms with van der Waals surface area (Å²) in [6.45, 7) is 4.49. The number of benzene rings is 1. The topological polar surface area (TPSA) is 38.9 Å². The Hall–Kier alpha value is -1.14. The molecule has 2 nitrogen and oxygen atoms in total. The average molecular weight is 244 g/mol. The third kappa shape index (κ3) is 1.91. The number of nitrogens with two attached hydrogens (primary N) is 1. The molecule has 0 aliphatic heterocycles. The summed E-state index contributed by atoms with van der Waals surface area (Å²) in [7, 11) is -0.191. The molecule has 1 aliphatic rings. The van der Waals surface area contributed by atoms with Crippen LogP contribution in [0.3, 0.4) is 0 Å². The Morgan fingerprint density at radius 1 is 1.18 bits per heavy atom. The summed E-state index contributed by atoms with van der Waals surface area (Å²) in [4.78, 5) is 4.78. The van der Waals surface area contributed by atoms with Gasteiger partial charge in [0.1, 0.15) is 0 Å². The molecule has 2 aromatic rings. The van der Waals surface area contributed by atoms with E-state index in [2.05, 4.69) is 31.5 Å². The molecule has 3 rings (SSSR count). The monoisotopic (exact) mass is 244 g/mol. The lowest BCUT2D eigenvalue weighted by Crippen LogP contribution is -2.09. The Kier molecular flexibility index (Phi) is 2.56. The van der Waals surface area contributed by atoms with Crippen molar-refractivity contribution in [3.05, 3.63) is 30.0 Å². The van der Waals surface area contributed by atoms with Crippen LogP contribution in [0.15, 0.2) is 24.3 Å². The van der Waals surface area contributed by atoms with E-state index in [1.54, 1.807) is 0 Å². The van der Waals surface area contributed by atoms with Crippen LogP contribution in [-0.2, 0) is 0 Å². The fourth-order valence-corrected chi connectivity index (χ4v) is 3.59. The zero-order valence-corrected chi connectivity index (χ0v) is 11.2. The predicted octanol–water partition coefficient (Wildman–Crippen LogP) is 3.06. The van der Waals surface area contributed by atoms with E-state index in [-0.39, 0.29) is 7.92 Å². The maximum Gasteiger partial charge on any atom is 0.0713 e. The Morgan fingerprint density at radius 3 is 2.59 bits per heavy atom. The lowest BCUT2D eigenvalue weighted by Gasteiger charge is -2.13. The smallest absolute Gasteiger partial charge is 0.0713 e. The second-order valence-electron chi connectivity index (χ2n) is 4.97. The van der Waals surface area contributed by atoms with E-state index in [0.29, 0.717) is 5.92 Å². The Labute approximate surface area is 103 Å². The van der Waals surface area contributed by atoms with Gasteiger partial charge in [-0.25, -0.2) is 0 Å². The van der Waals surface area contributed by atoms with Gasteiger partial charge in [0.05, 0.1) is 5.52 Å². The zero-order valence-electron chi connectivity index (χ0n) is 10.3. The first-order chi connectivity index (χ1) is 8.16. The highest BCUT2D eigenvalue weighted by atomic mass is 31.1. The molecule has 0 spiro atoms. The van der Waals surface area contributed by atoms with Gasteiger partial charge in [-0.3, -0.25) is 4.98 Å². The SMILES string of the molecule is CP(C)c1c(N)ccc2nc(C3CC3)ccc12.